The number of fused-ring (bicyclic) bond motifs is 1. The van der Waals surface area contributed by atoms with E-state index in [1.807, 2.05) is 60.4 Å². The molecule has 124 valence electrons. The molecule has 1 N–H and O–H groups in total. The van der Waals surface area contributed by atoms with Crippen LogP contribution in [0.25, 0.3) is 0 Å². The van der Waals surface area contributed by atoms with Gasteiger partial charge in [0.05, 0.1) is 0 Å². The first-order valence-electron chi connectivity index (χ1n) is 8.46. The number of hydrogen-bond donors (Lipinski definition) is 1. The van der Waals surface area contributed by atoms with E-state index in [1.54, 1.807) is 0 Å². The van der Waals surface area contributed by atoms with Crippen molar-refractivity contribution in [3.8, 4) is 0 Å². The molecule has 3 heteroatoms. The van der Waals surface area contributed by atoms with E-state index in [2.05, 4.69) is 36.5 Å². The van der Waals surface area contributed by atoms with Gasteiger partial charge in [-0.2, -0.15) is 0 Å². The lowest BCUT2D eigenvalue weighted by Crippen LogP contribution is -2.32. The average Bonchev–Trinajstić information content (AvgIpc) is 2.90. The molecule has 1 amide bonds. The fourth-order valence-electron chi connectivity index (χ4n) is 3.35. The monoisotopic (exact) mass is 328 g/mol. The maximum Gasteiger partial charge on any atom is 0.260 e. The quantitative estimate of drug-likeness (QED) is 0.727. The molecule has 3 nitrogen and oxygen atoms in total. The maximum absolute atomic E-state index is 13.1. The van der Waals surface area contributed by atoms with Gasteiger partial charge in [0, 0.05) is 22.5 Å². The molecule has 0 saturated heterocycles. The summed E-state index contributed by atoms with van der Waals surface area (Å²) in [6, 6.07) is 24.1. The number of rotatable bonds is 3. The van der Waals surface area contributed by atoms with Crippen LogP contribution in [-0.2, 0) is 0 Å². The zero-order chi connectivity index (χ0) is 17.4. The predicted octanol–water partition coefficient (Wildman–Crippen LogP) is 5.07. The van der Waals surface area contributed by atoms with Crippen molar-refractivity contribution < 1.29 is 4.79 Å². The number of aryl methyl sites for hydroxylation is 2. The Balaban J connectivity index is 1.80. The van der Waals surface area contributed by atoms with Crippen LogP contribution in [0.15, 0.2) is 72.8 Å². The number of nitrogens with zero attached hydrogens (tertiary/aromatic N) is 1. The Morgan fingerprint density at radius 2 is 1.52 bits per heavy atom. The van der Waals surface area contributed by atoms with Crippen LogP contribution in [0.3, 0.4) is 0 Å². The summed E-state index contributed by atoms with van der Waals surface area (Å²) in [5.74, 6) is 0.0366. The molecule has 0 fully saturated rings. The van der Waals surface area contributed by atoms with Crippen LogP contribution in [0, 0.1) is 13.8 Å². The van der Waals surface area contributed by atoms with Gasteiger partial charge in [-0.15, -0.1) is 0 Å². The lowest BCUT2D eigenvalue weighted by Gasteiger charge is -2.28. The van der Waals surface area contributed by atoms with Crippen LogP contribution in [0.4, 0.5) is 11.4 Å². The molecule has 4 rings (SSSR count). The molecule has 0 aromatic heterocycles. The number of hydrogen-bond acceptors (Lipinski definition) is 2. The van der Waals surface area contributed by atoms with Gasteiger partial charge >= 0.3 is 0 Å². The van der Waals surface area contributed by atoms with Gasteiger partial charge in [-0.1, -0.05) is 54.1 Å². The Morgan fingerprint density at radius 3 is 2.28 bits per heavy atom. The fourth-order valence-corrected chi connectivity index (χ4v) is 3.35. The van der Waals surface area contributed by atoms with Crippen LogP contribution in [0.2, 0.25) is 0 Å². The van der Waals surface area contributed by atoms with Crippen molar-refractivity contribution in [1.82, 2.24) is 0 Å². The summed E-state index contributed by atoms with van der Waals surface area (Å²) < 4.78 is 0. The van der Waals surface area contributed by atoms with Gasteiger partial charge in [-0.3, -0.25) is 9.69 Å². The normalized spacial score (nSPS) is 16.0. The van der Waals surface area contributed by atoms with Gasteiger partial charge in [0.1, 0.15) is 6.17 Å². The number of anilines is 2. The Labute approximate surface area is 147 Å². The molecule has 0 aliphatic carbocycles. The summed E-state index contributed by atoms with van der Waals surface area (Å²) in [7, 11) is 0. The summed E-state index contributed by atoms with van der Waals surface area (Å²) >= 11 is 0. The number of benzene rings is 3. The third-order valence-corrected chi connectivity index (χ3v) is 4.69. The van der Waals surface area contributed by atoms with E-state index in [1.165, 1.54) is 5.56 Å². The highest BCUT2D eigenvalue weighted by molar-refractivity contribution is 6.11. The molecule has 3 aromatic rings. The maximum atomic E-state index is 13.1. The summed E-state index contributed by atoms with van der Waals surface area (Å²) in [4.78, 5) is 15.0. The van der Waals surface area contributed by atoms with Gasteiger partial charge in [0.15, 0.2) is 0 Å². The zero-order valence-corrected chi connectivity index (χ0v) is 14.4. The van der Waals surface area contributed by atoms with E-state index in [9.17, 15) is 4.79 Å². The van der Waals surface area contributed by atoms with Crippen LogP contribution >= 0.6 is 0 Å². The molecule has 0 saturated carbocycles. The first-order chi connectivity index (χ1) is 12.1. The second-order valence-corrected chi connectivity index (χ2v) is 6.46. The highest BCUT2D eigenvalue weighted by Crippen LogP contribution is 2.39. The van der Waals surface area contributed by atoms with Crippen molar-refractivity contribution in [2.24, 2.45) is 0 Å². The molecule has 1 unspecified atom stereocenters. The lowest BCUT2D eigenvalue weighted by molar-refractivity contribution is 0.0993. The van der Waals surface area contributed by atoms with E-state index in [0.717, 1.165) is 28.1 Å². The zero-order valence-electron chi connectivity index (χ0n) is 14.4. The third-order valence-electron chi connectivity index (χ3n) is 4.69. The Bertz CT molecular complexity index is 931. The molecule has 1 aliphatic heterocycles. The second-order valence-electron chi connectivity index (χ2n) is 6.46. The Kier molecular flexibility index (Phi) is 3.77. The van der Waals surface area contributed by atoms with Crippen molar-refractivity contribution in [2.45, 2.75) is 20.0 Å². The molecule has 1 heterocycles. The summed E-state index contributed by atoms with van der Waals surface area (Å²) in [6.45, 7) is 4.10. The van der Waals surface area contributed by atoms with Crippen LogP contribution in [0.1, 0.15) is 33.2 Å². The minimum Gasteiger partial charge on any atom is -0.361 e. The molecule has 0 spiro atoms. The predicted molar refractivity (Wildman–Crippen MR) is 102 cm³/mol. The number of para-hydroxylation sites is 1. The average molecular weight is 328 g/mol. The molecular formula is C22H20N2O. The minimum atomic E-state index is -0.215. The molecule has 1 atom stereocenters. The minimum absolute atomic E-state index is 0.0366. The van der Waals surface area contributed by atoms with Crippen molar-refractivity contribution in [1.29, 1.82) is 0 Å². The topological polar surface area (TPSA) is 32.3 Å². The molecule has 3 aromatic carbocycles. The largest absolute Gasteiger partial charge is 0.361 e. The standard InChI is InChI=1S/C22H20N2O/c1-15-11-13-17(14-12-15)23-21-18-8-4-5-9-19(18)22(25)24(21)20-10-6-3-7-16(20)2/h3-14,21,23H,1-2H3. The SMILES string of the molecule is Cc1ccc(NC2c3ccccc3C(=O)N2c2ccccc2C)cc1. The molecule has 0 radical (unpaired) electrons. The summed E-state index contributed by atoms with van der Waals surface area (Å²) in [5.41, 5.74) is 6.00. The molecule has 0 bridgehead atoms. The van der Waals surface area contributed by atoms with Crippen molar-refractivity contribution in [3.05, 3.63) is 95.1 Å². The van der Waals surface area contributed by atoms with E-state index in [-0.39, 0.29) is 12.1 Å². The number of carbonyl (C=O) groups is 1. The van der Waals surface area contributed by atoms with Crippen molar-refractivity contribution >= 4 is 17.3 Å². The van der Waals surface area contributed by atoms with E-state index in [4.69, 9.17) is 0 Å². The lowest BCUT2D eigenvalue weighted by atomic mass is 10.1. The number of nitrogens with one attached hydrogen (secondary N) is 1. The van der Waals surface area contributed by atoms with E-state index >= 15 is 0 Å². The van der Waals surface area contributed by atoms with E-state index < -0.39 is 0 Å². The van der Waals surface area contributed by atoms with Crippen molar-refractivity contribution in [2.75, 3.05) is 10.2 Å². The van der Waals surface area contributed by atoms with E-state index in [0.29, 0.717) is 0 Å². The van der Waals surface area contributed by atoms with Crippen molar-refractivity contribution in [3.63, 3.8) is 0 Å². The number of carbonyl (C=O) groups excluding carboxylic acids is 1. The second kappa shape index (κ2) is 6.10. The van der Waals surface area contributed by atoms with Gasteiger partial charge in [0.2, 0.25) is 0 Å². The highest BCUT2D eigenvalue weighted by atomic mass is 16.2. The molecular weight excluding hydrogens is 308 g/mol. The van der Waals surface area contributed by atoms with Gasteiger partial charge in [-0.25, -0.2) is 0 Å². The van der Waals surface area contributed by atoms with Gasteiger partial charge < -0.3 is 5.32 Å². The molecule has 25 heavy (non-hydrogen) atoms. The Hall–Kier alpha value is -3.07. The summed E-state index contributed by atoms with van der Waals surface area (Å²) in [5, 5.41) is 3.54. The smallest absolute Gasteiger partial charge is 0.260 e. The first-order valence-corrected chi connectivity index (χ1v) is 8.46. The number of amides is 1. The Morgan fingerprint density at radius 1 is 0.840 bits per heavy atom. The fraction of sp³-hybridized carbons (Fsp3) is 0.136. The third kappa shape index (κ3) is 2.68. The molecule has 1 aliphatic rings. The van der Waals surface area contributed by atoms with Gasteiger partial charge in [0.25, 0.3) is 5.91 Å². The van der Waals surface area contributed by atoms with Gasteiger partial charge in [-0.05, 0) is 43.7 Å². The van der Waals surface area contributed by atoms with Crippen LogP contribution in [0.5, 0.6) is 0 Å². The first kappa shape index (κ1) is 15.5. The van der Waals surface area contributed by atoms with Crippen LogP contribution < -0.4 is 10.2 Å². The summed E-state index contributed by atoms with van der Waals surface area (Å²) in [6.07, 6.45) is -0.215. The highest BCUT2D eigenvalue weighted by Gasteiger charge is 2.38. The van der Waals surface area contributed by atoms with Crippen LogP contribution in [-0.4, -0.2) is 5.91 Å².